The SMILES string of the molecule is Cc1cc(Cl)ccc1C(=O)[C@@H]1CCCN(Cc2[nH]cc(C)c(=O)c2C)C1. The van der Waals surface area contributed by atoms with Crippen molar-refractivity contribution in [3.8, 4) is 0 Å². The average molecular weight is 373 g/mol. The van der Waals surface area contributed by atoms with Crippen LogP contribution in [0.4, 0.5) is 0 Å². The molecule has 1 aliphatic rings. The Morgan fingerprint density at radius 1 is 1.27 bits per heavy atom. The van der Waals surface area contributed by atoms with Crippen LogP contribution in [0.15, 0.2) is 29.2 Å². The molecule has 26 heavy (non-hydrogen) atoms. The summed E-state index contributed by atoms with van der Waals surface area (Å²) >= 11 is 6.01. The van der Waals surface area contributed by atoms with E-state index in [-0.39, 0.29) is 17.1 Å². The maximum Gasteiger partial charge on any atom is 0.187 e. The summed E-state index contributed by atoms with van der Waals surface area (Å²) in [6.45, 7) is 7.95. The smallest absolute Gasteiger partial charge is 0.187 e. The lowest BCUT2D eigenvalue weighted by atomic mass is 9.88. The molecule has 2 aromatic rings. The quantitative estimate of drug-likeness (QED) is 0.824. The second kappa shape index (κ2) is 7.77. The van der Waals surface area contributed by atoms with Crippen LogP contribution in [0.3, 0.4) is 0 Å². The number of rotatable bonds is 4. The molecule has 1 aliphatic heterocycles. The lowest BCUT2D eigenvalue weighted by Gasteiger charge is -2.32. The van der Waals surface area contributed by atoms with Crippen LogP contribution in [0.5, 0.6) is 0 Å². The number of hydrogen-bond acceptors (Lipinski definition) is 3. The number of aromatic nitrogens is 1. The summed E-state index contributed by atoms with van der Waals surface area (Å²) < 4.78 is 0. The fraction of sp³-hybridized carbons (Fsp3) is 0.429. The van der Waals surface area contributed by atoms with Gasteiger partial charge in [-0.3, -0.25) is 14.5 Å². The topological polar surface area (TPSA) is 53.2 Å². The molecule has 0 spiro atoms. The summed E-state index contributed by atoms with van der Waals surface area (Å²) in [5.41, 5.74) is 4.24. The van der Waals surface area contributed by atoms with Crippen molar-refractivity contribution in [1.82, 2.24) is 9.88 Å². The molecule has 0 bridgehead atoms. The second-order valence-corrected chi connectivity index (χ2v) is 7.74. The first-order chi connectivity index (χ1) is 12.4. The highest BCUT2D eigenvalue weighted by molar-refractivity contribution is 6.30. The van der Waals surface area contributed by atoms with E-state index in [1.54, 1.807) is 12.3 Å². The zero-order chi connectivity index (χ0) is 18.8. The van der Waals surface area contributed by atoms with Crippen LogP contribution in [0.1, 0.15) is 45.6 Å². The molecule has 0 saturated carbocycles. The minimum absolute atomic E-state index is 0.0129. The third kappa shape index (κ3) is 3.92. The fourth-order valence-corrected chi connectivity index (χ4v) is 3.95. The molecule has 1 atom stereocenters. The van der Waals surface area contributed by atoms with Gasteiger partial charge in [0.1, 0.15) is 0 Å². The summed E-state index contributed by atoms with van der Waals surface area (Å²) in [6, 6.07) is 5.46. The highest BCUT2D eigenvalue weighted by atomic mass is 35.5. The Hall–Kier alpha value is -1.91. The second-order valence-electron chi connectivity index (χ2n) is 7.30. The average Bonchev–Trinajstić information content (AvgIpc) is 2.62. The first-order valence-electron chi connectivity index (χ1n) is 9.07. The predicted octanol–water partition coefficient (Wildman–Crippen LogP) is 4.05. The number of piperidine rings is 1. The van der Waals surface area contributed by atoms with E-state index in [9.17, 15) is 9.59 Å². The van der Waals surface area contributed by atoms with Crippen LogP contribution in [0.25, 0.3) is 0 Å². The molecule has 1 aromatic heterocycles. The van der Waals surface area contributed by atoms with Crippen molar-refractivity contribution < 1.29 is 4.79 Å². The van der Waals surface area contributed by atoms with Crippen molar-refractivity contribution >= 4 is 17.4 Å². The maximum absolute atomic E-state index is 13.0. The van der Waals surface area contributed by atoms with Crippen molar-refractivity contribution in [3.05, 3.63) is 67.6 Å². The normalized spacial score (nSPS) is 18.1. The number of Topliss-reactive ketones (excluding diaryl/α,β-unsaturated/α-hetero) is 1. The minimum atomic E-state index is -0.0129. The van der Waals surface area contributed by atoms with E-state index in [1.165, 1.54) is 0 Å². The molecule has 1 saturated heterocycles. The highest BCUT2D eigenvalue weighted by Crippen LogP contribution is 2.25. The van der Waals surface area contributed by atoms with Gasteiger partial charge in [-0.1, -0.05) is 11.6 Å². The van der Waals surface area contributed by atoms with Gasteiger partial charge in [0.2, 0.25) is 0 Å². The number of likely N-dealkylation sites (tertiary alicyclic amines) is 1. The third-order valence-corrected chi connectivity index (χ3v) is 5.56. The fourth-order valence-electron chi connectivity index (χ4n) is 3.73. The van der Waals surface area contributed by atoms with E-state index in [1.807, 2.05) is 32.9 Å². The number of carbonyl (C=O) groups is 1. The molecule has 1 N–H and O–H groups in total. The molecule has 3 rings (SSSR count). The first-order valence-corrected chi connectivity index (χ1v) is 9.45. The predicted molar refractivity (Wildman–Crippen MR) is 105 cm³/mol. The van der Waals surface area contributed by atoms with Crippen molar-refractivity contribution in [2.45, 2.75) is 40.2 Å². The van der Waals surface area contributed by atoms with Gasteiger partial charge in [0.25, 0.3) is 0 Å². The van der Waals surface area contributed by atoms with Gasteiger partial charge in [-0.2, -0.15) is 0 Å². The Morgan fingerprint density at radius 3 is 2.77 bits per heavy atom. The molecule has 2 heterocycles. The number of ketones is 1. The molecule has 0 aliphatic carbocycles. The molecular weight excluding hydrogens is 348 g/mol. The van der Waals surface area contributed by atoms with Crippen molar-refractivity contribution in [2.75, 3.05) is 13.1 Å². The lowest BCUT2D eigenvalue weighted by molar-refractivity contribution is 0.0809. The van der Waals surface area contributed by atoms with Gasteiger partial charge in [-0.25, -0.2) is 0 Å². The molecule has 1 fully saturated rings. The van der Waals surface area contributed by atoms with Crippen LogP contribution in [-0.2, 0) is 6.54 Å². The maximum atomic E-state index is 13.0. The Kier molecular flexibility index (Phi) is 5.64. The van der Waals surface area contributed by atoms with Crippen molar-refractivity contribution in [3.63, 3.8) is 0 Å². The molecule has 0 radical (unpaired) electrons. The van der Waals surface area contributed by atoms with Gasteiger partial charge in [0, 0.05) is 52.6 Å². The van der Waals surface area contributed by atoms with Crippen molar-refractivity contribution in [2.24, 2.45) is 5.92 Å². The summed E-state index contributed by atoms with van der Waals surface area (Å²) in [5, 5.41) is 0.656. The molecular formula is C21H25ClN2O2. The zero-order valence-corrected chi connectivity index (χ0v) is 16.3. The third-order valence-electron chi connectivity index (χ3n) is 5.33. The lowest BCUT2D eigenvalue weighted by Crippen LogP contribution is -2.39. The number of nitrogens with one attached hydrogen (secondary N) is 1. The number of aryl methyl sites for hydroxylation is 2. The Bertz CT molecular complexity index is 888. The number of benzene rings is 1. The molecule has 138 valence electrons. The van der Waals surface area contributed by atoms with Crippen LogP contribution >= 0.6 is 11.6 Å². The molecule has 4 nitrogen and oxygen atoms in total. The van der Waals surface area contributed by atoms with E-state index < -0.39 is 0 Å². The first kappa shape index (κ1) is 18.9. The number of aromatic amines is 1. The molecule has 5 heteroatoms. The number of pyridine rings is 1. The van der Waals surface area contributed by atoms with Crippen LogP contribution in [0.2, 0.25) is 5.02 Å². The Morgan fingerprint density at radius 2 is 2.04 bits per heavy atom. The van der Waals surface area contributed by atoms with Crippen LogP contribution in [0, 0.1) is 26.7 Å². The molecule has 1 aromatic carbocycles. The summed E-state index contributed by atoms with van der Waals surface area (Å²) in [4.78, 5) is 30.6. The number of carbonyl (C=O) groups excluding carboxylic acids is 1. The largest absolute Gasteiger partial charge is 0.363 e. The van der Waals surface area contributed by atoms with Crippen LogP contribution < -0.4 is 5.43 Å². The monoisotopic (exact) mass is 372 g/mol. The van der Waals surface area contributed by atoms with E-state index in [0.29, 0.717) is 11.6 Å². The molecule has 0 unspecified atom stereocenters. The number of nitrogens with zero attached hydrogens (tertiary/aromatic N) is 1. The van der Waals surface area contributed by atoms with Gasteiger partial charge < -0.3 is 4.98 Å². The minimum Gasteiger partial charge on any atom is -0.363 e. The van der Waals surface area contributed by atoms with E-state index in [2.05, 4.69) is 9.88 Å². The number of hydrogen-bond donors (Lipinski definition) is 1. The summed E-state index contributed by atoms with van der Waals surface area (Å²) in [7, 11) is 0. The van der Waals surface area contributed by atoms with E-state index in [0.717, 1.165) is 53.9 Å². The summed E-state index contributed by atoms with van der Waals surface area (Å²) in [6.07, 6.45) is 3.66. The van der Waals surface area contributed by atoms with Crippen LogP contribution in [-0.4, -0.2) is 28.8 Å². The van der Waals surface area contributed by atoms with E-state index in [4.69, 9.17) is 11.6 Å². The van der Waals surface area contributed by atoms with E-state index >= 15 is 0 Å². The Labute approximate surface area is 159 Å². The van der Waals surface area contributed by atoms with Crippen molar-refractivity contribution in [1.29, 1.82) is 0 Å². The zero-order valence-electron chi connectivity index (χ0n) is 15.6. The standard InChI is InChI=1S/C21H25ClN2O2/c1-13-9-17(22)6-7-18(13)21(26)16-5-4-8-24(11-16)12-19-15(3)20(25)14(2)10-23-19/h6-7,9-10,16H,4-5,8,11-12H2,1-3H3,(H,23,25)/t16-/m1/s1. The number of H-pyrrole nitrogens is 1. The van der Waals surface area contributed by atoms with Gasteiger partial charge >= 0.3 is 0 Å². The van der Waals surface area contributed by atoms with Gasteiger partial charge in [0.05, 0.1) is 0 Å². The summed E-state index contributed by atoms with van der Waals surface area (Å²) in [5.74, 6) is 0.180. The number of halogens is 1. The highest BCUT2D eigenvalue weighted by Gasteiger charge is 2.27. The molecule has 0 amide bonds. The van der Waals surface area contributed by atoms with Gasteiger partial charge in [-0.15, -0.1) is 0 Å². The van der Waals surface area contributed by atoms with Gasteiger partial charge in [-0.05, 0) is 63.9 Å². The van der Waals surface area contributed by atoms with Gasteiger partial charge in [0.15, 0.2) is 11.2 Å². The Balaban J connectivity index is 1.74.